The molecule has 0 aliphatic heterocycles. The third-order valence-corrected chi connectivity index (χ3v) is 3.40. The molecule has 0 spiro atoms. The Bertz CT molecular complexity index is 643. The molecule has 5 nitrogen and oxygen atoms in total. The van der Waals surface area contributed by atoms with Crippen molar-refractivity contribution in [2.75, 3.05) is 30.9 Å². The Morgan fingerprint density at radius 3 is 2.61 bits per heavy atom. The molecule has 0 aliphatic carbocycles. The number of rotatable bonds is 6. The molecule has 122 valence electrons. The molecule has 1 aromatic heterocycles. The molecule has 0 radical (unpaired) electrons. The average Bonchev–Trinajstić information content (AvgIpc) is 2.55. The van der Waals surface area contributed by atoms with E-state index in [2.05, 4.69) is 15.6 Å². The molecule has 0 unspecified atom stereocenters. The lowest BCUT2D eigenvalue weighted by Crippen LogP contribution is -2.28. The fourth-order valence-electron chi connectivity index (χ4n) is 2.12. The van der Waals surface area contributed by atoms with E-state index in [1.807, 2.05) is 62.3 Å². The Morgan fingerprint density at radius 2 is 1.96 bits per heavy atom. The highest BCUT2D eigenvalue weighted by Crippen LogP contribution is 2.16. The van der Waals surface area contributed by atoms with Crippen molar-refractivity contribution in [2.45, 2.75) is 13.5 Å². The smallest absolute Gasteiger partial charge is 0.171 e. The zero-order chi connectivity index (χ0) is 16.7. The second-order valence-corrected chi connectivity index (χ2v) is 5.55. The van der Waals surface area contributed by atoms with Crippen LogP contribution in [0.3, 0.4) is 0 Å². The lowest BCUT2D eigenvalue weighted by Gasteiger charge is -2.17. The number of nitrogens with zero attached hydrogens (tertiary/aromatic N) is 2. The fourth-order valence-corrected chi connectivity index (χ4v) is 2.31. The van der Waals surface area contributed by atoms with Crippen LogP contribution in [0.2, 0.25) is 0 Å². The summed E-state index contributed by atoms with van der Waals surface area (Å²) < 4.78 is 5.42. The van der Waals surface area contributed by atoms with Crippen molar-refractivity contribution in [2.24, 2.45) is 0 Å². The number of hydrogen-bond acceptors (Lipinski definition) is 4. The van der Waals surface area contributed by atoms with Crippen LogP contribution in [0.5, 0.6) is 5.75 Å². The zero-order valence-corrected chi connectivity index (χ0v) is 14.5. The number of thiocarbonyl (C=S) groups is 1. The predicted octanol–water partition coefficient (Wildman–Crippen LogP) is 3.03. The van der Waals surface area contributed by atoms with Crippen molar-refractivity contribution in [1.29, 1.82) is 0 Å². The first-order valence-corrected chi connectivity index (χ1v) is 7.90. The standard InChI is InChI=1S/C17H22N4OS/c1-4-22-15-9-7-14(8-10-15)20-17(23)19-12-13-6-5-11-18-16(13)21(2)3/h5-11H,4,12H2,1-3H3,(H2,19,20,23). The Hall–Kier alpha value is -2.34. The molecule has 0 amide bonds. The van der Waals surface area contributed by atoms with Crippen molar-refractivity contribution in [3.63, 3.8) is 0 Å². The van der Waals surface area contributed by atoms with Crippen molar-refractivity contribution in [3.8, 4) is 5.75 Å². The van der Waals surface area contributed by atoms with E-state index in [-0.39, 0.29) is 0 Å². The summed E-state index contributed by atoms with van der Waals surface area (Å²) in [6.07, 6.45) is 1.79. The van der Waals surface area contributed by atoms with E-state index in [0.717, 1.165) is 22.8 Å². The molecule has 1 aromatic carbocycles. The Labute approximate surface area is 142 Å². The zero-order valence-electron chi connectivity index (χ0n) is 13.7. The topological polar surface area (TPSA) is 49.4 Å². The molecule has 2 N–H and O–H groups in total. The van der Waals surface area contributed by atoms with Crippen molar-refractivity contribution in [3.05, 3.63) is 48.2 Å². The van der Waals surface area contributed by atoms with Gasteiger partial charge in [0.25, 0.3) is 0 Å². The number of nitrogens with one attached hydrogen (secondary N) is 2. The predicted molar refractivity (Wildman–Crippen MR) is 99.2 cm³/mol. The van der Waals surface area contributed by atoms with Gasteiger partial charge in [0.1, 0.15) is 11.6 Å². The first-order chi connectivity index (χ1) is 11.1. The van der Waals surface area contributed by atoms with Crippen molar-refractivity contribution in [1.82, 2.24) is 10.3 Å². The van der Waals surface area contributed by atoms with Gasteiger partial charge in [-0.3, -0.25) is 0 Å². The lowest BCUT2D eigenvalue weighted by molar-refractivity contribution is 0.340. The molecule has 0 atom stereocenters. The first kappa shape index (κ1) is 17.0. The van der Waals surface area contributed by atoms with Gasteiger partial charge in [-0.2, -0.15) is 0 Å². The molecule has 1 heterocycles. The summed E-state index contributed by atoms with van der Waals surface area (Å²) in [5, 5.41) is 6.94. The average molecular weight is 330 g/mol. The van der Waals surface area contributed by atoms with Crippen LogP contribution < -0.4 is 20.3 Å². The minimum Gasteiger partial charge on any atom is -0.494 e. The third kappa shape index (κ3) is 5.10. The van der Waals surface area contributed by atoms with Gasteiger partial charge in [0, 0.05) is 38.1 Å². The summed E-state index contributed by atoms with van der Waals surface area (Å²) in [6.45, 7) is 3.24. The SMILES string of the molecule is CCOc1ccc(NC(=S)NCc2cccnc2N(C)C)cc1. The van der Waals surface area contributed by atoms with E-state index in [9.17, 15) is 0 Å². The number of ether oxygens (including phenoxy) is 1. The normalized spacial score (nSPS) is 10.0. The molecule has 23 heavy (non-hydrogen) atoms. The van der Waals surface area contributed by atoms with Crippen molar-refractivity contribution >= 4 is 28.8 Å². The maximum Gasteiger partial charge on any atom is 0.171 e. The maximum atomic E-state index is 5.42. The number of benzene rings is 1. The van der Waals surface area contributed by atoms with Crippen LogP contribution in [0.25, 0.3) is 0 Å². The number of hydrogen-bond donors (Lipinski definition) is 2. The molecule has 0 fully saturated rings. The summed E-state index contributed by atoms with van der Waals surface area (Å²) >= 11 is 5.34. The molecule has 0 bridgehead atoms. The Kier molecular flexibility index (Phi) is 6.17. The number of anilines is 2. The molecule has 6 heteroatoms. The van der Waals surface area contributed by atoms with Gasteiger partial charge >= 0.3 is 0 Å². The summed E-state index contributed by atoms with van der Waals surface area (Å²) in [6, 6.07) is 11.7. The van der Waals surface area contributed by atoms with E-state index in [1.54, 1.807) is 6.20 Å². The third-order valence-electron chi connectivity index (χ3n) is 3.15. The summed E-state index contributed by atoms with van der Waals surface area (Å²) in [5.41, 5.74) is 2.01. The van der Waals surface area contributed by atoms with E-state index in [4.69, 9.17) is 17.0 Å². The molecule has 0 aliphatic rings. The van der Waals surface area contributed by atoms with Gasteiger partial charge in [-0.15, -0.1) is 0 Å². The molecular formula is C17H22N4OS. The van der Waals surface area contributed by atoms with Gasteiger partial charge in [0.2, 0.25) is 0 Å². The van der Waals surface area contributed by atoms with E-state index < -0.39 is 0 Å². The van der Waals surface area contributed by atoms with E-state index >= 15 is 0 Å². The number of pyridine rings is 1. The molecule has 2 aromatic rings. The van der Waals surface area contributed by atoms with Crippen molar-refractivity contribution < 1.29 is 4.74 Å². The molecule has 2 rings (SSSR count). The van der Waals surface area contributed by atoms with Crippen LogP contribution >= 0.6 is 12.2 Å². The second kappa shape index (κ2) is 8.33. The van der Waals surface area contributed by atoms with Crippen LogP contribution in [0.1, 0.15) is 12.5 Å². The van der Waals surface area contributed by atoms with Crippen LogP contribution in [0.4, 0.5) is 11.5 Å². The summed E-state index contributed by atoms with van der Waals surface area (Å²) in [7, 11) is 3.95. The highest BCUT2D eigenvalue weighted by Gasteiger charge is 2.06. The summed E-state index contributed by atoms with van der Waals surface area (Å²) in [4.78, 5) is 6.36. The number of aromatic nitrogens is 1. The first-order valence-electron chi connectivity index (χ1n) is 7.49. The molecule has 0 saturated heterocycles. The monoisotopic (exact) mass is 330 g/mol. The lowest BCUT2D eigenvalue weighted by atomic mass is 10.2. The molecular weight excluding hydrogens is 308 g/mol. The van der Waals surface area contributed by atoms with Gasteiger partial charge in [-0.05, 0) is 49.5 Å². The van der Waals surface area contributed by atoms with Gasteiger partial charge in [-0.1, -0.05) is 6.07 Å². The van der Waals surface area contributed by atoms with Gasteiger partial charge < -0.3 is 20.3 Å². The highest BCUT2D eigenvalue weighted by molar-refractivity contribution is 7.80. The highest BCUT2D eigenvalue weighted by atomic mass is 32.1. The van der Waals surface area contributed by atoms with Gasteiger partial charge in [0.15, 0.2) is 5.11 Å². The Balaban J connectivity index is 1.90. The maximum absolute atomic E-state index is 5.42. The quantitative estimate of drug-likeness (QED) is 0.794. The second-order valence-electron chi connectivity index (χ2n) is 5.15. The molecule has 0 saturated carbocycles. The minimum absolute atomic E-state index is 0.572. The van der Waals surface area contributed by atoms with Crippen LogP contribution in [-0.4, -0.2) is 30.8 Å². The minimum atomic E-state index is 0.572. The largest absolute Gasteiger partial charge is 0.494 e. The van der Waals surface area contributed by atoms with E-state index in [0.29, 0.717) is 18.3 Å². The van der Waals surface area contributed by atoms with E-state index in [1.165, 1.54) is 0 Å². The Morgan fingerprint density at radius 1 is 1.22 bits per heavy atom. The van der Waals surface area contributed by atoms with Gasteiger partial charge in [-0.25, -0.2) is 4.98 Å². The van der Waals surface area contributed by atoms with Crippen LogP contribution in [-0.2, 0) is 6.54 Å². The van der Waals surface area contributed by atoms with Gasteiger partial charge in [0.05, 0.1) is 6.61 Å². The fraction of sp³-hybridized carbons (Fsp3) is 0.294. The van der Waals surface area contributed by atoms with Crippen LogP contribution in [0, 0.1) is 0 Å². The summed E-state index contributed by atoms with van der Waals surface area (Å²) in [5.74, 6) is 1.78. The van der Waals surface area contributed by atoms with Crippen LogP contribution in [0.15, 0.2) is 42.6 Å².